The summed E-state index contributed by atoms with van der Waals surface area (Å²) in [4.78, 5) is 11.1. The fourth-order valence-corrected chi connectivity index (χ4v) is 1.45. The normalized spacial score (nSPS) is 10.9. The number of benzene rings is 1. The van der Waals surface area contributed by atoms with Gasteiger partial charge >= 0.3 is 5.97 Å². The summed E-state index contributed by atoms with van der Waals surface area (Å²) >= 11 is 0. The van der Waals surface area contributed by atoms with Gasteiger partial charge in [0.15, 0.2) is 18.1 Å². The maximum Gasteiger partial charge on any atom is 0.343 e. The van der Waals surface area contributed by atoms with Crippen LogP contribution in [0.1, 0.15) is 26.3 Å². The summed E-state index contributed by atoms with van der Waals surface area (Å²) in [5, 5.41) is 0. The van der Waals surface area contributed by atoms with Crippen molar-refractivity contribution in [2.24, 2.45) is 0 Å². The molecule has 0 bridgehead atoms. The molecule has 0 atom stereocenters. The summed E-state index contributed by atoms with van der Waals surface area (Å²) in [6.45, 7) is 6.21. The van der Waals surface area contributed by atoms with Gasteiger partial charge in [-0.2, -0.15) is 0 Å². The molecule has 1 aromatic carbocycles. The van der Waals surface area contributed by atoms with Gasteiger partial charge in [-0.15, -0.1) is 0 Å². The molecule has 4 nitrogen and oxygen atoms in total. The van der Waals surface area contributed by atoms with Gasteiger partial charge in [0, 0.05) is 0 Å². The van der Waals surface area contributed by atoms with Crippen LogP contribution in [-0.2, 0) is 14.9 Å². The molecule has 0 saturated heterocycles. The summed E-state index contributed by atoms with van der Waals surface area (Å²) in [5.41, 5.74) is 1.12. The van der Waals surface area contributed by atoms with Gasteiger partial charge in [0.2, 0.25) is 0 Å². The highest BCUT2D eigenvalue weighted by Gasteiger charge is 2.17. The summed E-state index contributed by atoms with van der Waals surface area (Å²) < 4.78 is 15.2. The Kier molecular flexibility index (Phi) is 4.59. The fourth-order valence-electron chi connectivity index (χ4n) is 1.45. The molecule has 0 radical (unpaired) electrons. The van der Waals surface area contributed by atoms with Gasteiger partial charge in [-0.1, -0.05) is 26.8 Å². The van der Waals surface area contributed by atoms with Crippen molar-refractivity contribution in [3.63, 3.8) is 0 Å². The molecule has 0 aliphatic rings. The van der Waals surface area contributed by atoms with Crippen LogP contribution in [-0.4, -0.2) is 26.8 Å². The van der Waals surface area contributed by atoms with Crippen LogP contribution in [0.4, 0.5) is 0 Å². The van der Waals surface area contributed by atoms with E-state index in [9.17, 15) is 4.79 Å². The average molecular weight is 252 g/mol. The zero-order valence-corrected chi connectivity index (χ0v) is 11.6. The van der Waals surface area contributed by atoms with E-state index in [4.69, 9.17) is 9.47 Å². The standard InChI is InChI=1S/C14H20O4/c1-14(2,3)10-6-7-11(16-4)12(8-10)18-9-13(15)17-5/h6-8H,9H2,1-5H3. The maximum atomic E-state index is 11.1. The molecule has 0 unspecified atom stereocenters. The lowest BCUT2D eigenvalue weighted by Gasteiger charge is -2.21. The predicted octanol–water partition coefficient (Wildman–Crippen LogP) is 2.54. The predicted molar refractivity (Wildman–Crippen MR) is 69.2 cm³/mol. The maximum absolute atomic E-state index is 11.1. The van der Waals surface area contributed by atoms with Crippen molar-refractivity contribution in [2.75, 3.05) is 20.8 Å². The minimum atomic E-state index is -0.418. The zero-order chi connectivity index (χ0) is 13.8. The molecule has 0 heterocycles. The van der Waals surface area contributed by atoms with Crippen molar-refractivity contribution in [1.82, 2.24) is 0 Å². The number of carbonyl (C=O) groups excluding carboxylic acids is 1. The van der Waals surface area contributed by atoms with E-state index in [2.05, 4.69) is 25.5 Å². The highest BCUT2D eigenvalue weighted by atomic mass is 16.6. The molecule has 1 rings (SSSR count). The first-order chi connectivity index (χ1) is 8.38. The van der Waals surface area contributed by atoms with Crippen LogP contribution in [0, 0.1) is 0 Å². The van der Waals surface area contributed by atoms with E-state index >= 15 is 0 Å². The van der Waals surface area contributed by atoms with Crippen molar-refractivity contribution in [3.05, 3.63) is 23.8 Å². The van der Waals surface area contributed by atoms with Crippen molar-refractivity contribution in [1.29, 1.82) is 0 Å². The van der Waals surface area contributed by atoms with Gasteiger partial charge in [-0.05, 0) is 23.1 Å². The molecule has 0 saturated carbocycles. The van der Waals surface area contributed by atoms with Crippen molar-refractivity contribution in [3.8, 4) is 11.5 Å². The first-order valence-electron chi connectivity index (χ1n) is 5.76. The lowest BCUT2D eigenvalue weighted by Crippen LogP contribution is -2.15. The van der Waals surface area contributed by atoms with Crippen LogP contribution >= 0.6 is 0 Å². The third kappa shape index (κ3) is 3.65. The Morgan fingerprint density at radius 2 is 1.83 bits per heavy atom. The van der Waals surface area contributed by atoms with Gasteiger partial charge in [0.05, 0.1) is 14.2 Å². The molecule has 0 N–H and O–H groups in total. The minimum absolute atomic E-state index is 0.00957. The van der Waals surface area contributed by atoms with E-state index in [1.54, 1.807) is 7.11 Å². The molecule has 0 fully saturated rings. The summed E-state index contributed by atoms with van der Waals surface area (Å²) in [7, 11) is 2.89. The second-order valence-corrected chi connectivity index (χ2v) is 4.98. The number of rotatable bonds is 4. The summed E-state index contributed by atoms with van der Waals surface area (Å²) in [6.07, 6.45) is 0. The molecule has 0 spiro atoms. The third-order valence-electron chi connectivity index (χ3n) is 2.60. The lowest BCUT2D eigenvalue weighted by molar-refractivity contribution is -0.142. The second-order valence-electron chi connectivity index (χ2n) is 4.98. The van der Waals surface area contributed by atoms with Crippen molar-refractivity contribution >= 4 is 5.97 Å². The molecule has 100 valence electrons. The van der Waals surface area contributed by atoms with E-state index < -0.39 is 5.97 Å². The first-order valence-corrected chi connectivity index (χ1v) is 5.76. The molecular formula is C14H20O4. The van der Waals surface area contributed by atoms with Crippen LogP contribution in [0.3, 0.4) is 0 Å². The van der Waals surface area contributed by atoms with Gasteiger partial charge in [-0.25, -0.2) is 4.79 Å². The van der Waals surface area contributed by atoms with Gasteiger partial charge in [-0.3, -0.25) is 0 Å². The van der Waals surface area contributed by atoms with E-state index in [-0.39, 0.29) is 12.0 Å². The minimum Gasteiger partial charge on any atom is -0.493 e. The number of esters is 1. The quantitative estimate of drug-likeness (QED) is 0.772. The van der Waals surface area contributed by atoms with Crippen molar-refractivity contribution < 1.29 is 19.0 Å². The van der Waals surface area contributed by atoms with Crippen LogP contribution < -0.4 is 9.47 Å². The molecule has 4 heteroatoms. The van der Waals surface area contributed by atoms with Gasteiger partial charge in [0.25, 0.3) is 0 Å². The smallest absolute Gasteiger partial charge is 0.343 e. The Morgan fingerprint density at radius 1 is 1.17 bits per heavy atom. The first kappa shape index (κ1) is 14.4. The van der Waals surface area contributed by atoms with Crippen molar-refractivity contribution in [2.45, 2.75) is 26.2 Å². The molecule has 1 aromatic rings. The Labute approximate surface area is 108 Å². The number of methoxy groups -OCH3 is 2. The van der Waals surface area contributed by atoms with Crippen LogP contribution in [0.5, 0.6) is 11.5 Å². The zero-order valence-electron chi connectivity index (χ0n) is 11.6. The number of hydrogen-bond donors (Lipinski definition) is 0. The number of hydrogen-bond acceptors (Lipinski definition) is 4. The lowest BCUT2D eigenvalue weighted by atomic mass is 9.87. The van der Waals surface area contributed by atoms with Crippen LogP contribution in [0.25, 0.3) is 0 Å². The van der Waals surface area contributed by atoms with Gasteiger partial charge in [0.1, 0.15) is 0 Å². The molecule has 18 heavy (non-hydrogen) atoms. The second kappa shape index (κ2) is 5.76. The topological polar surface area (TPSA) is 44.8 Å². The highest BCUT2D eigenvalue weighted by Crippen LogP contribution is 2.33. The summed E-state index contributed by atoms with van der Waals surface area (Å²) in [5.74, 6) is 0.737. The van der Waals surface area contributed by atoms with E-state index in [0.29, 0.717) is 11.5 Å². The Morgan fingerprint density at radius 3 is 2.33 bits per heavy atom. The third-order valence-corrected chi connectivity index (χ3v) is 2.60. The molecular weight excluding hydrogens is 232 g/mol. The molecule has 0 amide bonds. The molecule has 0 aliphatic heterocycles. The Balaban J connectivity index is 2.96. The largest absolute Gasteiger partial charge is 0.493 e. The van der Waals surface area contributed by atoms with Gasteiger partial charge < -0.3 is 14.2 Å². The molecule has 0 aromatic heterocycles. The molecule has 0 aliphatic carbocycles. The number of ether oxygens (including phenoxy) is 3. The summed E-state index contributed by atoms with van der Waals surface area (Å²) in [6, 6.07) is 5.72. The van der Waals surface area contributed by atoms with Crippen LogP contribution in [0.15, 0.2) is 18.2 Å². The highest BCUT2D eigenvalue weighted by molar-refractivity contribution is 5.71. The van der Waals surface area contributed by atoms with Crippen LogP contribution in [0.2, 0.25) is 0 Å². The average Bonchev–Trinajstić information content (AvgIpc) is 2.34. The number of carbonyl (C=O) groups is 1. The fraction of sp³-hybridized carbons (Fsp3) is 0.500. The monoisotopic (exact) mass is 252 g/mol. The van der Waals surface area contributed by atoms with E-state index in [0.717, 1.165) is 5.56 Å². The van der Waals surface area contributed by atoms with E-state index in [1.165, 1.54) is 7.11 Å². The van der Waals surface area contributed by atoms with E-state index in [1.807, 2.05) is 18.2 Å². The Bertz CT molecular complexity index is 418. The SMILES string of the molecule is COC(=O)COc1cc(C(C)(C)C)ccc1OC. The Hall–Kier alpha value is -1.71.